The number of allylic oxidation sites excluding steroid dienone is 5. The minimum absolute atomic E-state index is 0.0472. The number of imidazole rings is 2. The van der Waals surface area contributed by atoms with Crippen molar-refractivity contribution in [3.8, 4) is 0 Å². The lowest BCUT2D eigenvalue weighted by molar-refractivity contribution is -0.137. The molecule has 442 valence electrons. The maximum Gasteiger partial charge on any atom is 0.416 e. The van der Waals surface area contributed by atoms with Crippen molar-refractivity contribution in [3.05, 3.63) is 166 Å². The van der Waals surface area contributed by atoms with Crippen molar-refractivity contribution in [2.45, 2.75) is 143 Å². The Kier molecular flexibility index (Phi) is 17.1. The number of rotatable bonds is 17. The number of benzene rings is 4. The van der Waals surface area contributed by atoms with E-state index in [4.69, 9.17) is 9.97 Å². The minimum Gasteiger partial charge on any atom is -0.380 e. The molecule has 0 radical (unpaired) electrons. The van der Waals surface area contributed by atoms with Crippen LogP contribution >= 0.6 is 0 Å². The van der Waals surface area contributed by atoms with Crippen LogP contribution in [0.5, 0.6) is 0 Å². The number of halogens is 7. The van der Waals surface area contributed by atoms with Crippen molar-refractivity contribution in [1.82, 2.24) is 40.4 Å². The summed E-state index contributed by atoms with van der Waals surface area (Å²) in [6.45, 7) is 25.5. The number of H-pyrrole nitrogens is 2. The molecule has 4 N–H and O–H groups in total. The zero-order valence-corrected chi connectivity index (χ0v) is 49.1. The Morgan fingerprint density at radius 2 is 1.08 bits per heavy atom. The number of aromatic amines is 2. The third-order valence-corrected chi connectivity index (χ3v) is 17.6. The Morgan fingerprint density at radius 3 is 1.55 bits per heavy atom. The SMILES string of the molecule is C=C=C([C@@H](N/C(C)=C\C)C(C)C)N1CCC[C@H]1c1nc2cc(F)c([C@H]3CC[C@H](c4cc5[nH]c([C@@H]6CCCN6/C(=C/C)[C@@H](N/C(C)=C/C)C(C)C)nc5cc4F)N3c3cc(F)c(N4CCN(c5ccc(C(F)(F)F)cc5)CC4)c(F)c3)cc2[nH]1. The fourth-order valence-corrected chi connectivity index (χ4v) is 13.2. The molecule has 6 aromatic rings. The zero-order valence-electron chi connectivity index (χ0n) is 49.1. The molecule has 4 fully saturated rings. The molecule has 4 aromatic carbocycles. The van der Waals surface area contributed by atoms with Crippen LogP contribution in [-0.2, 0) is 6.18 Å². The fourth-order valence-electron chi connectivity index (χ4n) is 13.2. The van der Waals surface area contributed by atoms with Gasteiger partial charge in [-0.3, -0.25) is 0 Å². The first-order valence-electron chi connectivity index (χ1n) is 29.4. The van der Waals surface area contributed by atoms with E-state index in [2.05, 4.69) is 96.4 Å². The molecule has 0 spiro atoms. The normalized spacial score (nSPS) is 21.1. The summed E-state index contributed by atoms with van der Waals surface area (Å²) in [6, 6.07) is 11.8. The van der Waals surface area contributed by atoms with Gasteiger partial charge in [-0.25, -0.2) is 27.5 Å². The van der Waals surface area contributed by atoms with Gasteiger partial charge in [-0.05, 0) is 134 Å². The van der Waals surface area contributed by atoms with Crippen molar-refractivity contribution in [2.24, 2.45) is 11.8 Å². The van der Waals surface area contributed by atoms with Crippen LogP contribution in [0, 0.1) is 35.1 Å². The second-order valence-electron chi connectivity index (χ2n) is 23.5. The van der Waals surface area contributed by atoms with Gasteiger partial charge in [-0.15, -0.1) is 5.73 Å². The quantitative estimate of drug-likeness (QED) is 0.0526. The monoisotopic (exact) mass is 1150 g/mol. The highest BCUT2D eigenvalue weighted by Gasteiger charge is 2.42. The number of alkyl halides is 3. The molecule has 0 amide bonds. The summed E-state index contributed by atoms with van der Waals surface area (Å²) in [6.07, 6.45) is 5.89. The number of anilines is 3. The molecule has 0 unspecified atom stereocenters. The van der Waals surface area contributed by atoms with Gasteiger partial charge in [-0.2, -0.15) is 13.2 Å². The maximum atomic E-state index is 17.2. The number of likely N-dealkylation sites (tertiary alicyclic amines) is 2. The maximum absolute atomic E-state index is 17.2. The number of hydrogen-bond donors (Lipinski definition) is 4. The van der Waals surface area contributed by atoms with E-state index in [9.17, 15) is 13.2 Å². The summed E-state index contributed by atoms with van der Waals surface area (Å²) in [4.78, 5) is 27.0. The fraction of sp³-hybridized carbons (Fsp3) is 0.462. The van der Waals surface area contributed by atoms with Crippen LogP contribution in [0.3, 0.4) is 0 Å². The first-order chi connectivity index (χ1) is 39.7. The Balaban J connectivity index is 0.998. The van der Waals surface area contributed by atoms with E-state index in [1.165, 1.54) is 36.4 Å². The van der Waals surface area contributed by atoms with Crippen LogP contribution in [0.4, 0.5) is 47.8 Å². The standard InChI is InChI=1S/C65H78F7N11/c1-11-39(9)73-60(37(5)6)54(13-3)81-25-15-17-58(81)63-75-50-33-44(46(66)35-52(50)77-63)56-23-24-57(83(56)43-31-48(68)62(49(69)32-43)80-29-27-79(28-30-80)42-21-19-41(20-22-42)65(70,71)72)45-34-51-53(36-47(45)67)78-64(76-51)59-18-16-26-82(59)55(14-4)61(38(7)8)74-40(10)12-2/h11-12,14,19-22,31-38,56-61,73-74H,3,15-18,23-30H2,1-2,4-10H3,(H,75,77)(H,76,78)/b39-11-,40-12+,55-14+/t56-,57-,58+,59+,60+,61+/m1/s1. The van der Waals surface area contributed by atoms with E-state index in [1.54, 1.807) is 21.9 Å². The molecule has 0 aliphatic carbocycles. The largest absolute Gasteiger partial charge is 0.416 e. The lowest BCUT2D eigenvalue weighted by Crippen LogP contribution is -2.47. The molecule has 18 heteroatoms. The highest BCUT2D eigenvalue weighted by atomic mass is 19.4. The molecule has 0 saturated carbocycles. The third-order valence-electron chi connectivity index (χ3n) is 17.6. The van der Waals surface area contributed by atoms with Gasteiger partial charge in [-0.1, -0.05) is 52.5 Å². The predicted molar refractivity (Wildman–Crippen MR) is 318 cm³/mol. The highest BCUT2D eigenvalue weighted by Crippen LogP contribution is 2.50. The van der Waals surface area contributed by atoms with E-state index in [1.807, 2.05) is 31.7 Å². The number of aromatic nitrogens is 4. The number of nitrogens with one attached hydrogen (secondary N) is 4. The minimum atomic E-state index is -4.48. The average Bonchev–Trinajstić information content (AvgIpc) is 4.50. The number of fused-ring (bicyclic) bond motifs is 2. The van der Waals surface area contributed by atoms with Crippen LogP contribution in [-0.4, -0.2) is 81.1 Å². The first kappa shape index (κ1) is 58.9. The van der Waals surface area contributed by atoms with Gasteiger partial charge in [0.1, 0.15) is 29.0 Å². The smallest absolute Gasteiger partial charge is 0.380 e. The molecule has 6 atom stereocenters. The Hall–Kier alpha value is -7.33. The van der Waals surface area contributed by atoms with Crippen LogP contribution < -0.4 is 25.3 Å². The molecule has 83 heavy (non-hydrogen) atoms. The van der Waals surface area contributed by atoms with E-state index in [-0.39, 0.29) is 71.6 Å². The van der Waals surface area contributed by atoms with Crippen LogP contribution in [0.1, 0.15) is 153 Å². The Bertz CT molecular complexity index is 3450. The van der Waals surface area contributed by atoms with Crippen molar-refractivity contribution >= 4 is 39.1 Å². The van der Waals surface area contributed by atoms with Crippen LogP contribution in [0.2, 0.25) is 0 Å². The first-order valence-corrected chi connectivity index (χ1v) is 29.4. The number of piperazine rings is 1. The lowest BCUT2D eigenvalue weighted by Gasteiger charge is -2.38. The summed E-state index contributed by atoms with van der Waals surface area (Å²) in [7, 11) is 0. The number of nitrogens with zero attached hydrogens (tertiary/aromatic N) is 7. The van der Waals surface area contributed by atoms with Crippen LogP contribution in [0.25, 0.3) is 22.1 Å². The molecule has 10 rings (SSSR count). The molecule has 2 aromatic heterocycles. The molecule has 4 aliphatic heterocycles. The van der Waals surface area contributed by atoms with Crippen LogP contribution in [0.15, 0.2) is 114 Å². The predicted octanol–water partition coefficient (Wildman–Crippen LogP) is 15.3. The summed E-state index contributed by atoms with van der Waals surface area (Å²) < 4.78 is 108. The highest BCUT2D eigenvalue weighted by molar-refractivity contribution is 5.78. The molecule has 6 heterocycles. The average molecular weight is 1150 g/mol. The van der Waals surface area contributed by atoms with E-state index >= 15 is 17.6 Å². The zero-order chi connectivity index (χ0) is 59.2. The molecule has 11 nitrogen and oxygen atoms in total. The molecular weight excluding hydrogens is 1070 g/mol. The van der Waals surface area contributed by atoms with Gasteiger partial charge < -0.3 is 45.1 Å². The van der Waals surface area contributed by atoms with Gasteiger partial charge >= 0.3 is 6.18 Å². The van der Waals surface area contributed by atoms with E-state index in [0.717, 1.165) is 73.7 Å². The second-order valence-corrected chi connectivity index (χ2v) is 23.5. The molecule has 4 aliphatic rings. The van der Waals surface area contributed by atoms with Crippen molar-refractivity contribution < 1.29 is 30.7 Å². The van der Waals surface area contributed by atoms with Gasteiger partial charge in [0.15, 0.2) is 11.6 Å². The van der Waals surface area contributed by atoms with Gasteiger partial charge in [0, 0.05) is 91.0 Å². The molecule has 0 bridgehead atoms. The Morgan fingerprint density at radius 1 is 0.602 bits per heavy atom. The number of hydrogen-bond acceptors (Lipinski definition) is 9. The van der Waals surface area contributed by atoms with Crippen molar-refractivity contribution in [2.75, 3.05) is 54.0 Å². The summed E-state index contributed by atoms with van der Waals surface area (Å²) in [5.41, 5.74) is 9.75. The third kappa shape index (κ3) is 11.7. The van der Waals surface area contributed by atoms with E-state index < -0.39 is 47.1 Å². The molecular formula is C65H78F7N11. The summed E-state index contributed by atoms with van der Waals surface area (Å²) in [5.74, 6) is -0.918. The van der Waals surface area contributed by atoms with Crippen molar-refractivity contribution in [1.29, 1.82) is 0 Å². The van der Waals surface area contributed by atoms with Gasteiger partial charge in [0.25, 0.3) is 0 Å². The van der Waals surface area contributed by atoms with E-state index in [0.29, 0.717) is 65.3 Å². The van der Waals surface area contributed by atoms with Crippen molar-refractivity contribution in [3.63, 3.8) is 0 Å². The Labute approximate surface area is 483 Å². The summed E-state index contributed by atoms with van der Waals surface area (Å²) in [5, 5.41) is 7.34. The topological polar surface area (TPSA) is 97.6 Å². The molecule has 4 saturated heterocycles. The lowest BCUT2D eigenvalue weighted by atomic mass is 9.98. The summed E-state index contributed by atoms with van der Waals surface area (Å²) >= 11 is 0. The van der Waals surface area contributed by atoms with Gasteiger partial charge in [0.05, 0.1) is 69.6 Å². The van der Waals surface area contributed by atoms with Gasteiger partial charge in [0.2, 0.25) is 0 Å². The second kappa shape index (κ2) is 24.1.